The molecule has 0 aromatic carbocycles. The molecular weight excluding hydrogens is 272 g/mol. The van der Waals surface area contributed by atoms with Gasteiger partial charge in [-0.15, -0.1) is 0 Å². The Morgan fingerprint density at radius 3 is 2.71 bits per heavy atom. The van der Waals surface area contributed by atoms with E-state index >= 15 is 0 Å². The molecule has 6 heteroatoms. The lowest BCUT2D eigenvalue weighted by Gasteiger charge is -2.32. The molecule has 0 aliphatic carbocycles. The van der Waals surface area contributed by atoms with Crippen molar-refractivity contribution in [1.29, 1.82) is 0 Å². The Bertz CT molecular complexity index is 356. The quantitative estimate of drug-likeness (QED) is 0.760. The van der Waals surface area contributed by atoms with E-state index in [1.165, 1.54) is 0 Å². The third-order valence-corrected chi connectivity index (χ3v) is 4.32. The molecule has 0 bridgehead atoms. The zero-order valence-corrected chi connectivity index (χ0v) is 12.6. The van der Waals surface area contributed by atoms with Crippen LogP contribution in [0.3, 0.4) is 0 Å². The van der Waals surface area contributed by atoms with Crippen LogP contribution in [0.2, 0.25) is 0 Å². The molecule has 1 atom stereocenters. The van der Waals surface area contributed by atoms with Crippen LogP contribution in [0.5, 0.6) is 0 Å². The van der Waals surface area contributed by atoms with Gasteiger partial charge in [-0.25, -0.2) is 0 Å². The normalized spacial score (nSPS) is 24.7. The number of hydrogen-bond donors (Lipinski definition) is 2. The maximum absolute atomic E-state index is 12.1. The summed E-state index contributed by atoms with van der Waals surface area (Å²) in [4.78, 5) is 24.9. The highest BCUT2D eigenvalue weighted by Crippen LogP contribution is 2.20. The maximum atomic E-state index is 12.1. The largest absolute Gasteiger partial charge is 0.481 e. The number of carboxylic acids is 1. The Labute approximate surface area is 125 Å². The Hall–Kier alpha value is -1.14. The van der Waals surface area contributed by atoms with Gasteiger partial charge in [0.2, 0.25) is 5.91 Å². The number of ether oxygens (including phenoxy) is 1. The van der Waals surface area contributed by atoms with Crippen molar-refractivity contribution in [2.75, 3.05) is 32.8 Å². The lowest BCUT2D eigenvalue weighted by molar-refractivity contribution is -0.137. The molecule has 2 aliphatic rings. The number of carboxylic acid groups (broad SMARTS) is 1. The molecule has 2 saturated heterocycles. The van der Waals surface area contributed by atoms with Gasteiger partial charge in [-0.3, -0.25) is 14.5 Å². The summed E-state index contributed by atoms with van der Waals surface area (Å²) in [6.07, 6.45) is 4.86. The molecule has 0 radical (unpaired) electrons. The monoisotopic (exact) mass is 298 g/mol. The fourth-order valence-corrected chi connectivity index (χ4v) is 3.18. The molecule has 1 unspecified atom stereocenters. The third-order valence-electron chi connectivity index (χ3n) is 4.32. The summed E-state index contributed by atoms with van der Waals surface area (Å²) in [6, 6.07) is 0.249. The minimum atomic E-state index is -0.732. The predicted molar refractivity (Wildman–Crippen MR) is 78.0 cm³/mol. The van der Waals surface area contributed by atoms with E-state index in [-0.39, 0.29) is 18.4 Å². The van der Waals surface area contributed by atoms with E-state index in [4.69, 9.17) is 9.84 Å². The molecule has 2 heterocycles. The second-order valence-electron chi connectivity index (χ2n) is 6.13. The van der Waals surface area contributed by atoms with Gasteiger partial charge in [-0.1, -0.05) is 0 Å². The van der Waals surface area contributed by atoms with E-state index in [2.05, 4.69) is 10.2 Å². The van der Waals surface area contributed by atoms with Gasteiger partial charge < -0.3 is 15.2 Å². The van der Waals surface area contributed by atoms with Crippen LogP contribution in [-0.2, 0) is 14.3 Å². The smallest absolute Gasteiger partial charge is 0.303 e. The summed E-state index contributed by atoms with van der Waals surface area (Å²) in [5.74, 6) is -0.240. The van der Waals surface area contributed by atoms with Crippen molar-refractivity contribution in [3.63, 3.8) is 0 Å². The molecule has 21 heavy (non-hydrogen) atoms. The lowest BCUT2D eigenvalue weighted by Crippen LogP contribution is -2.46. The molecule has 2 N–H and O–H groups in total. The van der Waals surface area contributed by atoms with Crippen molar-refractivity contribution >= 4 is 11.9 Å². The number of carbonyl (C=O) groups excluding carboxylic acids is 1. The van der Waals surface area contributed by atoms with E-state index in [0.717, 1.165) is 52.0 Å². The Morgan fingerprint density at radius 1 is 1.24 bits per heavy atom. The highest BCUT2D eigenvalue weighted by atomic mass is 16.5. The van der Waals surface area contributed by atoms with Gasteiger partial charge in [0, 0.05) is 32.2 Å². The predicted octanol–water partition coefficient (Wildman–Crippen LogP) is 0.858. The fourth-order valence-electron chi connectivity index (χ4n) is 3.18. The standard InChI is InChI=1S/C15H26N2O4/c18-14(16-13-5-8-21-9-6-13)11-17-7-1-2-12(10-17)3-4-15(19)20/h12-13H,1-11H2,(H,16,18)(H,19,20). The molecule has 120 valence electrons. The summed E-state index contributed by atoms with van der Waals surface area (Å²) in [5, 5.41) is 11.8. The number of aliphatic carboxylic acids is 1. The van der Waals surface area contributed by atoms with Crippen molar-refractivity contribution in [3.8, 4) is 0 Å². The lowest BCUT2D eigenvalue weighted by atomic mass is 9.93. The summed E-state index contributed by atoms with van der Waals surface area (Å²) in [7, 11) is 0. The van der Waals surface area contributed by atoms with E-state index < -0.39 is 5.97 Å². The maximum Gasteiger partial charge on any atom is 0.303 e. The SMILES string of the molecule is O=C(O)CCC1CCCN(CC(=O)NC2CCOCC2)C1. The van der Waals surface area contributed by atoms with Crippen LogP contribution in [0.1, 0.15) is 38.5 Å². The van der Waals surface area contributed by atoms with Gasteiger partial charge in [0.15, 0.2) is 0 Å². The molecule has 0 saturated carbocycles. The Morgan fingerprint density at radius 2 is 2.00 bits per heavy atom. The van der Waals surface area contributed by atoms with E-state index in [0.29, 0.717) is 18.9 Å². The molecule has 2 aliphatic heterocycles. The number of hydrogen-bond acceptors (Lipinski definition) is 4. The van der Waals surface area contributed by atoms with Crippen molar-refractivity contribution in [3.05, 3.63) is 0 Å². The van der Waals surface area contributed by atoms with Crippen LogP contribution in [-0.4, -0.2) is 60.8 Å². The van der Waals surface area contributed by atoms with Crippen LogP contribution in [0.15, 0.2) is 0 Å². The highest BCUT2D eigenvalue weighted by Gasteiger charge is 2.23. The first kappa shape index (κ1) is 16.2. The molecule has 0 spiro atoms. The molecule has 0 aromatic rings. The van der Waals surface area contributed by atoms with Crippen molar-refractivity contribution in [2.45, 2.75) is 44.6 Å². The van der Waals surface area contributed by atoms with Gasteiger partial charge in [0.1, 0.15) is 0 Å². The van der Waals surface area contributed by atoms with Gasteiger partial charge in [-0.2, -0.15) is 0 Å². The average molecular weight is 298 g/mol. The number of nitrogens with one attached hydrogen (secondary N) is 1. The molecule has 0 aromatic heterocycles. The first-order chi connectivity index (χ1) is 10.1. The summed E-state index contributed by atoms with van der Waals surface area (Å²) >= 11 is 0. The van der Waals surface area contributed by atoms with Gasteiger partial charge in [0.25, 0.3) is 0 Å². The second kappa shape index (κ2) is 8.34. The summed E-state index contributed by atoms with van der Waals surface area (Å²) < 4.78 is 5.28. The number of nitrogens with zero attached hydrogens (tertiary/aromatic N) is 1. The van der Waals surface area contributed by atoms with E-state index in [1.807, 2.05) is 0 Å². The van der Waals surface area contributed by atoms with Gasteiger partial charge in [-0.05, 0) is 44.6 Å². The zero-order valence-electron chi connectivity index (χ0n) is 12.6. The minimum absolute atomic E-state index is 0.0841. The third kappa shape index (κ3) is 6.01. The second-order valence-corrected chi connectivity index (χ2v) is 6.13. The van der Waals surface area contributed by atoms with Crippen molar-refractivity contribution < 1.29 is 19.4 Å². The Kier molecular flexibility index (Phi) is 6.45. The van der Waals surface area contributed by atoms with Crippen LogP contribution < -0.4 is 5.32 Å². The topological polar surface area (TPSA) is 78.9 Å². The molecule has 2 fully saturated rings. The zero-order chi connectivity index (χ0) is 15.1. The van der Waals surface area contributed by atoms with Crippen LogP contribution in [0, 0.1) is 5.92 Å². The first-order valence-corrected chi connectivity index (χ1v) is 7.94. The highest BCUT2D eigenvalue weighted by molar-refractivity contribution is 5.78. The van der Waals surface area contributed by atoms with Gasteiger partial charge in [0.05, 0.1) is 6.54 Å². The number of amides is 1. The van der Waals surface area contributed by atoms with E-state index in [9.17, 15) is 9.59 Å². The number of carbonyl (C=O) groups is 2. The number of likely N-dealkylation sites (tertiary alicyclic amines) is 1. The molecule has 6 nitrogen and oxygen atoms in total. The van der Waals surface area contributed by atoms with Crippen molar-refractivity contribution in [1.82, 2.24) is 10.2 Å². The average Bonchev–Trinajstić information content (AvgIpc) is 2.46. The molecular formula is C15H26N2O4. The minimum Gasteiger partial charge on any atom is -0.481 e. The Balaban J connectivity index is 1.68. The summed E-state index contributed by atoms with van der Waals surface area (Å²) in [6.45, 7) is 3.66. The van der Waals surface area contributed by atoms with Crippen molar-refractivity contribution in [2.24, 2.45) is 5.92 Å². The van der Waals surface area contributed by atoms with Crippen LogP contribution in [0.4, 0.5) is 0 Å². The summed E-state index contributed by atoms with van der Waals surface area (Å²) in [5.41, 5.74) is 0. The van der Waals surface area contributed by atoms with E-state index in [1.54, 1.807) is 0 Å². The molecule has 1 amide bonds. The fraction of sp³-hybridized carbons (Fsp3) is 0.867. The number of rotatable bonds is 6. The first-order valence-electron chi connectivity index (χ1n) is 7.94. The van der Waals surface area contributed by atoms with Crippen LogP contribution in [0.25, 0.3) is 0 Å². The van der Waals surface area contributed by atoms with Crippen LogP contribution >= 0.6 is 0 Å². The molecule has 2 rings (SSSR count). The number of piperidine rings is 1. The van der Waals surface area contributed by atoms with Gasteiger partial charge >= 0.3 is 5.97 Å².